The van der Waals surface area contributed by atoms with Crippen LogP contribution < -0.4 is 10.2 Å². The molecular formula is C23H25BrN4O2. The lowest BCUT2D eigenvalue weighted by Gasteiger charge is -2.21. The molecule has 0 radical (unpaired) electrons. The number of amides is 2. The number of carbonyl (C=O) groups is 2. The number of fused-ring (bicyclic) bond motifs is 1. The van der Waals surface area contributed by atoms with E-state index in [0.29, 0.717) is 18.9 Å². The highest BCUT2D eigenvalue weighted by atomic mass is 79.9. The van der Waals surface area contributed by atoms with Crippen LogP contribution in [-0.2, 0) is 9.59 Å². The number of rotatable bonds is 6. The first-order chi connectivity index (χ1) is 14.4. The van der Waals surface area contributed by atoms with Gasteiger partial charge in [-0.15, -0.1) is 0 Å². The highest BCUT2D eigenvalue weighted by molar-refractivity contribution is 9.10. The Labute approximate surface area is 184 Å². The van der Waals surface area contributed by atoms with Crippen LogP contribution in [0.2, 0.25) is 0 Å². The Morgan fingerprint density at radius 3 is 2.70 bits per heavy atom. The number of halogens is 1. The second-order valence-electron chi connectivity index (χ2n) is 8.11. The summed E-state index contributed by atoms with van der Waals surface area (Å²) in [6.07, 6.45) is 1.24. The van der Waals surface area contributed by atoms with Crippen LogP contribution in [0.1, 0.15) is 38.6 Å². The Kier molecular flexibility index (Phi) is 5.90. The largest absolute Gasteiger partial charge is 0.345 e. The number of carbonyl (C=O) groups excluding carboxylic acids is 2. The number of aromatic nitrogens is 2. The normalized spacial score (nSPS) is 17.7. The Balaban J connectivity index is 1.53. The number of para-hydroxylation sites is 3. The third-order valence-corrected chi connectivity index (χ3v) is 6.10. The summed E-state index contributed by atoms with van der Waals surface area (Å²) >= 11 is 3.50. The van der Waals surface area contributed by atoms with E-state index in [4.69, 9.17) is 0 Å². The van der Waals surface area contributed by atoms with Gasteiger partial charge < -0.3 is 15.2 Å². The van der Waals surface area contributed by atoms with Crippen LogP contribution in [0.5, 0.6) is 0 Å². The van der Waals surface area contributed by atoms with E-state index >= 15 is 0 Å². The van der Waals surface area contributed by atoms with Gasteiger partial charge in [0.05, 0.1) is 22.8 Å². The van der Waals surface area contributed by atoms with Gasteiger partial charge in [-0.25, -0.2) is 4.98 Å². The van der Waals surface area contributed by atoms with Gasteiger partial charge in [0.1, 0.15) is 11.7 Å². The summed E-state index contributed by atoms with van der Waals surface area (Å²) in [4.78, 5) is 35.8. The summed E-state index contributed by atoms with van der Waals surface area (Å²) in [5, 5.41) is 3.09. The number of imidazole rings is 1. The molecule has 2 unspecified atom stereocenters. The molecule has 6 nitrogen and oxygen atoms in total. The van der Waals surface area contributed by atoms with Gasteiger partial charge in [-0.2, -0.15) is 0 Å². The molecule has 1 aromatic heterocycles. The van der Waals surface area contributed by atoms with Gasteiger partial charge in [-0.3, -0.25) is 9.59 Å². The molecule has 7 heteroatoms. The maximum Gasteiger partial charge on any atom is 0.239 e. The van der Waals surface area contributed by atoms with E-state index in [-0.39, 0.29) is 17.9 Å². The van der Waals surface area contributed by atoms with Gasteiger partial charge in [0.25, 0.3) is 0 Å². The number of nitrogens with one attached hydrogen (secondary N) is 2. The van der Waals surface area contributed by atoms with E-state index in [1.165, 1.54) is 0 Å². The van der Waals surface area contributed by atoms with Crippen LogP contribution in [-0.4, -0.2) is 28.3 Å². The van der Waals surface area contributed by atoms with Crippen molar-refractivity contribution in [2.45, 2.75) is 32.7 Å². The first kappa shape index (κ1) is 20.6. The zero-order valence-corrected chi connectivity index (χ0v) is 18.6. The minimum atomic E-state index is -0.684. The van der Waals surface area contributed by atoms with Gasteiger partial charge in [0.15, 0.2) is 0 Å². The van der Waals surface area contributed by atoms with E-state index in [9.17, 15) is 9.59 Å². The van der Waals surface area contributed by atoms with Crippen molar-refractivity contribution in [3.8, 4) is 0 Å². The zero-order valence-electron chi connectivity index (χ0n) is 17.1. The number of benzene rings is 2. The Morgan fingerprint density at radius 1 is 1.23 bits per heavy atom. The number of hydrogen-bond acceptors (Lipinski definition) is 3. The van der Waals surface area contributed by atoms with Crippen molar-refractivity contribution >= 4 is 44.5 Å². The van der Waals surface area contributed by atoms with E-state index in [1.54, 1.807) is 4.90 Å². The molecule has 2 aromatic carbocycles. The summed E-state index contributed by atoms with van der Waals surface area (Å²) < 4.78 is 0.847. The molecule has 156 valence electrons. The molecule has 2 atom stereocenters. The maximum absolute atomic E-state index is 13.1. The summed E-state index contributed by atoms with van der Waals surface area (Å²) in [6, 6.07) is 15.1. The molecule has 1 aliphatic rings. The quantitative estimate of drug-likeness (QED) is 0.519. The van der Waals surface area contributed by atoms with Crippen molar-refractivity contribution in [2.75, 3.05) is 11.4 Å². The molecule has 2 N–H and O–H groups in total. The van der Waals surface area contributed by atoms with Crippen LogP contribution >= 0.6 is 15.9 Å². The highest BCUT2D eigenvalue weighted by Gasteiger charge is 2.39. The fourth-order valence-electron chi connectivity index (χ4n) is 3.95. The van der Waals surface area contributed by atoms with Crippen LogP contribution in [0.4, 0.5) is 5.69 Å². The molecule has 4 rings (SSSR count). The van der Waals surface area contributed by atoms with Gasteiger partial charge in [-0.1, -0.05) is 38.1 Å². The summed E-state index contributed by atoms with van der Waals surface area (Å²) in [5.74, 6) is 0.00929. The number of nitrogens with zero attached hydrogens (tertiary/aromatic N) is 2. The molecule has 2 amide bonds. The first-order valence-corrected chi connectivity index (χ1v) is 11.0. The fraction of sp³-hybridized carbons (Fsp3) is 0.348. The second-order valence-corrected chi connectivity index (χ2v) is 8.97. The van der Waals surface area contributed by atoms with Crippen molar-refractivity contribution in [1.29, 1.82) is 0 Å². The summed E-state index contributed by atoms with van der Waals surface area (Å²) in [7, 11) is 0. The summed E-state index contributed by atoms with van der Waals surface area (Å²) in [5.41, 5.74) is 2.61. The van der Waals surface area contributed by atoms with Crippen molar-refractivity contribution in [3.05, 3.63) is 58.8 Å². The topological polar surface area (TPSA) is 78.1 Å². The van der Waals surface area contributed by atoms with Gasteiger partial charge in [0, 0.05) is 11.0 Å². The maximum atomic E-state index is 13.1. The number of anilines is 1. The molecule has 2 heterocycles. The van der Waals surface area contributed by atoms with E-state index in [2.05, 4.69) is 45.1 Å². The molecule has 1 saturated heterocycles. The molecule has 30 heavy (non-hydrogen) atoms. The van der Waals surface area contributed by atoms with Crippen LogP contribution in [0.25, 0.3) is 11.0 Å². The Bertz CT molecular complexity index is 1040. The Morgan fingerprint density at radius 2 is 1.97 bits per heavy atom. The molecule has 1 aliphatic heterocycles. The standard InChI is InChI=1S/C23H25BrN4O2/c1-14(2)13-19(21-25-17-8-4-5-9-18(17)26-21)27-22(29)15-11-12-28(23(15)30)20-10-6-3-7-16(20)24/h3-10,14-15,19H,11-13H2,1-2H3,(H,25,26)(H,27,29). The van der Waals surface area contributed by atoms with Crippen molar-refractivity contribution in [2.24, 2.45) is 11.8 Å². The van der Waals surface area contributed by atoms with E-state index < -0.39 is 5.92 Å². The minimum Gasteiger partial charge on any atom is -0.345 e. The molecular weight excluding hydrogens is 444 g/mol. The smallest absolute Gasteiger partial charge is 0.239 e. The van der Waals surface area contributed by atoms with Gasteiger partial charge in [0.2, 0.25) is 11.8 Å². The molecule has 0 bridgehead atoms. The third-order valence-electron chi connectivity index (χ3n) is 5.43. The van der Waals surface area contributed by atoms with Crippen molar-refractivity contribution in [1.82, 2.24) is 15.3 Å². The van der Waals surface area contributed by atoms with Gasteiger partial charge in [-0.05, 0) is 59.0 Å². The lowest BCUT2D eigenvalue weighted by atomic mass is 10.0. The third kappa shape index (κ3) is 4.12. The molecule has 0 aliphatic carbocycles. The van der Waals surface area contributed by atoms with Crippen LogP contribution in [0, 0.1) is 11.8 Å². The predicted octanol–water partition coefficient (Wildman–Crippen LogP) is 4.58. The van der Waals surface area contributed by atoms with E-state index in [0.717, 1.165) is 33.4 Å². The predicted molar refractivity (Wildman–Crippen MR) is 121 cm³/mol. The lowest BCUT2D eigenvalue weighted by Crippen LogP contribution is -2.39. The fourth-order valence-corrected chi connectivity index (χ4v) is 4.45. The van der Waals surface area contributed by atoms with E-state index in [1.807, 2.05) is 48.5 Å². The molecule has 0 saturated carbocycles. The average molecular weight is 469 g/mol. The number of aromatic amines is 1. The summed E-state index contributed by atoms with van der Waals surface area (Å²) in [6.45, 7) is 4.74. The highest BCUT2D eigenvalue weighted by Crippen LogP contribution is 2.32. The molecule has 0 spiro atoms. The van der Waals surface area contributed by atoms with Crippen LogP contribution in [0.15, 0.2) is 53.0 Å². The minimum absolute atomic E-state index is 0.160. The average Bonchev–Trinajstić information content (AvgIpc) is 3.31. The number of H-pyrrole nitrogens is 1. The van der Waals surface area contributed by atoms with Crippen LogP contribution in [0.3, 0.4) is 0 Å². The monoisotopic (exact) mass is 468 g/mol. The first-order valence-electron chi connectivity index (χ1n) is 10.2. The second kappa shape index (κ2) is 8.60. The Hall–Kier alpha value is -2.67. The van der Waals surface area contributed by atoms with Gasteiger partial charge >= 0.3 is 0 Å². The SMILES string of the molecule is CC(C)CC(NC(=O)C1CCN(c2ccccc2Br)C1=O)c1nc2ccccc2[nH]1. The zero-order chi connectivity index (χ0) is 21.3. The number of hydrogen-bond donors (Lipinski definition) is 2. The van der Waals surface area contributed by atoms with Crippen molar-refractivity contribution < 1.29 is 9.59 Å². The molecule has 1 fully saturated rings. The lowest BCUT2D eigenvalue weighted by molar-refractivity contribution is -0.132. The van der Waals surface area contributed by atoms with Crippen molar-refractivity contribution in [3.63, 3.8) is 0 Å². The molecule has 3 aromatic rings.